The lowest BCUT2D eigenvalue weighted by Crippen LogP contribution is -2.56. The van der Waals surface area contributed by atoms with Gasteiger partial charge in [0.1, 0.15) is 47.9 Å². The largest absolute Gasteiger partial charge is 0.508 e. The van der Waals surface area contributed by atoms with Crippen LogP contribution in [0.15, 0.2) is 53.5 Å². The van der Waals surface area contributed by atoms with Gasteiger partial charge in [-0.3, -0.25) is 38.8 Å². The van der Waals surface area contributed by atoms with E-state index in [0.717, 1.165) is 122 Å². The van der Waals surface area contributed by atoms with Crippen LogP contribution in [0.3, 0.4) is 0 Å². The Morgan fingerprint density at radius 3 is 2.46 bits per heavy atom. The van der Waals surface area contributed by atoms with E-state index >= 15 is 8.78 Å². The maximum Gasteiger partial charge on any atom is 0.409 e. The molecular formula is C62H73F2N11O7. The van der Waals surface area contributed by atoms with Crippen LogP contribution in [0.5, 0.6) is 11.8 Å². The third kappa shape index (κ3) is 9.16. The van der Waals surface area contributed by atoms with Gasteiger partial charge in [-0.05, 0) is 180 Å². The monoisotopic (exact) mass is 1120 g/mol. The van der Waals surface area contributed by atoms with Crippen LogP contribution in [0.2, 0.25) is 0 Å². The molecule has 3 amide bonds. The number of amides is 3. The number of halogens is 2. The molecule has 0 bridgehead atoms. The fraction of sp³-hybridized carbons (Fsp3) is 0.565. The Hall–Kier alpha value is -6.77. The van der Waals surface area contributed by atoms with Crippen LogP contribution in [0.25, 0.3) is 44.0 Å². The fourth-order valence-corrected chi connectivity index (χ4v) is 16.2. The van der Waals surface area contributed by atoms with Crippen molar-refractivity contribution < 1.29 is 37.7 Å². The number of imide groups is 1. The number of fused-ring (bicyclic) bond motifs is 5. The van der Waals surface area contributed by atoms with Crippen molar-refractivity contribution >= 4 is 56.4 Å². The molecule has 20 heteroatoms. The van der Waals surface area contributed by atoms with Crippen molar-refractivity contribution in [3.63, 3.8) is 0 Å². The standard InChI is InChI=1S/C62H73F2N11O7/c1-3-44-47(63)9-7-39-28-43(76)30-45(52(39)44)54-53(64)55-46(33-65-54)56(73-27-26-70-20-4-6-40(70)34-73)68-58(67-55)82-36-62-16-5-21-74(62)41(13-17-62)35-81-60(80)72-24-18-61(19-25-72)31-42(32-61)71-22-14-37(15-23-71)38-8-10-48-50(29-38)69(2)59(79)75(48)49-11-12-51(77)66-57(49)78/h7-10,28-30,33,37,40-42,49,76H,3-6,11-27,31-32,34-36H2,1-2H3,(H,66,77,78)/t40?,41-,49?,62-/m0/s1. The summed E-state index contributed by atoms with van der Waals surface area (Å²) in [4.78, 5) is 77.9. The lowest BCUT2D eigenvalue weighted by atomic mass is 9.59. The van der Waals surface area contributed by atoms with Crippen LogP contribution in [-0.4, -0.2) is 162 Å². The van der Waals surface area contributed by atoms with Gasteiger partial charge in [-0.25, -0.2) is 18.4 Å². The van der Waals surface area contributed by atoms with Crippen molar-refractivity contribution in [2.75, 3.05) is 77.0 Å². The summed E-state index contributed by atoms with van der Waals surface area (Å²) in [5.74, 6) is -0.938. The Kier molecular flexibility index (Phi) is 13.5. The number of rotatable bonds is 11. The molecule has 2 unspecified atom stereocenters. The number of aromatic hydroxyl groups is 1. The molecular weight excluding hydrogens is 1050 g/mol. The SMILES string of the molecule is CCc1c(F)ccc2cc(O)cc(-c3ncc4c(N5CCN6CCCC6C5)nc(OC[C@@]56CCCN5[C@H](COC(=O)N5CCC7(CC5)CC(N5CCC(c8ccc9c(c8)n(C)c(=O)n9C8CCC(=O)NC8=O)CC5)C7)CC6)nc4c3F)c12. The molecule has 18 nitrogen and oxygen atoms in total. The predicted octanol–water partition coefficient (Wildman–Crippen LogP) is 7.94. The van der Waals surface area contributed by atoms with Crippen molar-refractivity contribution in [1.82, 2.24) is 49.0 Å². The number of pyridine rings is 1. The number of phenolic OH excluding ortho intramolecular Hbond substituents is 1. The summed E-state index contributed by atoms with van der Waals surface area (Å²) in [5.41, 5.74) is 3.17. The summed E-state index contributed by atoms with van der Waals surface area (Å²) in [7, 11) is 1.75. The minimum absolute atomic E-state index is 0.0313. The third-order valence-corrected chi connectivity index (χ3v) is 20.8. The van der Waals surface area contributed by atoms with Gasteiger partial charge >= 0.3 is 17.8 Å². The number of hydrogen-bond acceptors (Lipinski definition) is 14. The number of carbonyl (C=O) groups is 3. The van der Waals surface area contributed by atoms with Gasteiger partial charge in [-0.1, -0.05) is 19.1 Å². The zero-order chi connectivity index (χ0) is 56.2. The van der Waals surface area contributed by atoms with E-state index in [1.165, 1.54) is 17.7 Å². The number of piperidine rings is 3. The Labute approximate surface area is 474 Å². The second kappa shape index (κ2) is 20.8. The first-order valence-electron chi connectivity index (χ1n) is 30.2. The third-order valence-electron chi connectivity index (χ3n) is 20.8. The van der Waals surface area contributed by atoms with Gasteiger partial charge in [-0.15, -0.1) is 0 Å². The molecule has 432 valence electrons. The van der Waals surface area contributed by atoms with Crippen molar-refractivity contribution in [2.24, 2.45) is 12.5 Å². The average molecular weight is 1120 g/mol. The smallest absolute Gasteiger partial charge is 0.409 e. The number of anilines is 1. The van der Waals surface area contributed by atoms with E-state index in [0.29, 0.717) is 102 Å². The first-order chi connectivity index (χ1) is 39.8. The molecule has 0 radical (unpaired) electrons. The molecule has 10 heterocycles. The fourth-order valence-electron chi connectivity index (χ4n) is 16.2. The minimum Gasteiger partial charge on any atom is -0.508 e. The van der Waals surface area contributed by atoms with E-state index in [-0.39, 0.29) is 64.1 Å². The van der Waals surface area contributed by atoms with E-state index < -0.39 is 23.6 Å². The van der Waals surface area contributed by atoms with Gasteiger partial charge in [0.15, 0.2) is 5.82 Å². The second-order valence-electron chi connectivity index (χ2n) is 25.1. The molecule has 8 aliphatic rings. The van der Waals surface area contributed by atoms with Gasteiger partial charge in [-0.2, -0.15) is 9.97 Å². The van der Waals surface area contributed by atoms with Crippen LogP contribution in [0, 0.1) is 17.0 Å². The van der Waals surface area contributed by atoms with Crippen LogP contribution in [-0.2, 0) is 27.8 Å². The van der Waals surface area contributed by atoms with E-state index in [9.17, 15) is 24.3 Å². The maximum atomic E-state index is 17.4. The number of hydrogen-bond donors (Lipinski definition) is 2. The van der Waals surface area contributed by atoms with Crippen molar-refractivity contribution in [3.8, 4) is 23.0 Å². The summed E-state index contributed by atoms with van der Waals surface area (Å²) in [6, 6.07) is 12.5. The van der Waals surface area contributed by atoms with E-state index in [1.807, 2.05) is 17.9 Å². The maximum absolute atomic E-state index is 17.4. The lowest BCUT2D eigenvalue weighted by molar-refractivity contribution is -0.135. The summed E-state index contributed by atoms with van der Waals surface area (Å²) in [6.45, 7) is 10.1. The summed E-state index contributed by atoms with van der Waals surface area (Å²) < 4.78 is 48.7. The number of likely N-dealkylation sites (tertiary alicyclic amines) is 2. The number of imidazole rings is 1. The number of piperazine rings is 1. The second-order valence-corrected chi connectivity index (χ2v) is 25.1. The number of aromatic nitrogens is 5. The first kappa shape index (κ1) is 53.2. The van der Waals surface area contributed by atoms with Gasteiger partial charge in [0.05, 0.1) is 22.0 Å². The Morgan fingerprint density at radius 2 is 1.66 bits per heavy atom. The average Bonchev–Trinajstić information content (AvgIpc) is 2.48. The zero-order valence-corrected chi connectivity index (χ0v) is 47.0. The number of phenols is 1. The highest BCUT2D eigenvalue weighted by Crippen LogP contribution is 2.52. The summed E-state index contributed by atoms with van der Waals surface area (Å²) >= 11 is 0. The highest BCUT2D eigenvalue weighted by Gasteiger charge is 2.52. The number of nitrogens with zero attached hydrogens (tertiary/aromatic N) is 10. The van der Waals surface area contributed by atoms with Crippen molar-refractivity contribution in [1.29, 1.82) is 0 Å². The predicted molar refractivity (Wildman–Crippen MR) is 305 cm³/mol. The molecule has 7 aliphatic heterocycles. The van der Waals surface area contributed by atoms with Crippen molar-refractivity contribution in [3.05, 3.63) is 81.9 Å². The molecule has 8 fully saturated rings. The molecule has 1 saturated carbocycles. The quantitative estimate of drug-likeness (QED) is 0.119. The van der Waals surface area contributed by atoms with Gasteiger partial charge in [0, 0.05) is 76.1 Å². The highest BCUT2D eigenvalue weighted by molar-refractivity contribution is 6.02. The molecule has 4 atom stereocenters. The molecule has 1 spiro atoms. The lowest BCUT2D eigenvalue weighted by Gasteiger charge is -2.56. The zero-order valence-electron chi connectivity index (χ0n) is 47.0. The van der Waals surface area contributed by atoms with E-state index in [2.05, 4.69) is 42.0 Å². The first-order valence-corrected chi connectivity index (χ1v) is 30.2. The minimum atomic E-state index is -0.698. The molecule has 6 aromatic rings. The molecule has 1 aliphatic carbocycles. The van der Waals surface area contributed by atoms with E-state index in [4.69, 9.17) is 19.4 Å². The number of nitrogens with one attached hydrogen (secondary N) is 1. The van der Waals surface area contributed by atoms with Crippen molar-refractivity contribution in [2.45, 2.75) is 139 Å². The Balaban J connectivity index is 0.596. The summed E-state index contributed by atoms with van der Waals surface area (Å²) in [6.07, 6.45) is 14.4. The van der Waals surface area contributed by atoms with Gasteiger partial charge < -0.3 is 29.3 Å². The molecule has 82 heavy (non-hydrogen) atoms. The molecule has 3 aromatic carbocycles. The molecule has 7 saturated heterocycles. The van der Waals surface area contributed by atoms with E-state index in [1.54, 1.807) is 34.5 Å². The molecule has 14 rings (SSSR count). The number of ether oxygens (including phenoxy) is 2. The topological polar surface area (TPSA) is 184 Å². The normalized spacial score (nSPS) is 25.6. The van der Waals surface area contributed by atoms with Crippen LogP contribution in [0.4, 0.5) is 19.4 Å². The summed E-state index contributed by atoms with van der Waals surface area (Å²) in [5, 5.41) is 14.8. The number of aryl methyl sites for hydroxylation is 2. The van der Waals surface area contributed by atoms with Crippen LogP contribution < -0.4 is 20.6 Å². The van der Waals surface area contributed by atoms with Gasteiger partial charge in [0.25, 0.3) is 0 Å². The molecule has 2 N–H and O–H groups in total. The number of carbonyl (C=O) groups excluding carboxylic acids is 3. The highest BCUT2D eigenvalue weighted by atomic mass is 19.1. The Morgan fingerprint density at radius 1 is 0.841 bits per heavy atom. The van der Waals surface area contributed by atoms with Crippen LogP contribution in [0.1, 0.15) is 120 Å². The molecule has 3 aromatic heterocycles. The van der Waals surface area contributed by atoms with Gasteiger partial charge in [0.2, 0.25) is 11.8 Å². The van der Waals surface area contributed by atoms with Crippen LogP contribution >= 0.6 is 0 Å². The number of benzene rings is 3. The Bertz CT molecular complexity index is 3600.